The van der Waals surface area contributed by atoms with Gasteiger partial charge in [-0.1, -0.05) is 38.1 Å². The number of carbonyl (C=O) groups is 1. The monoisotopic (exact) mass is 299 g/mol. The van der Waals surface area contributed by atoms with Crippen LogP contribution in [-0.4, -0.2) is 15.7 Å². The molecule has 4 nitrogen and oxygen atoms in total. The minimum absolute atomic E-state index is 0.0390. The van der Waals surface area contributed by atoms with Gasteiger partial charge >= 0.3 is 0 Å². The molecular formula is C18H25N3O. The van der Waals surface area contributed by atoms with Crippen LogP contribution in [0.1, 0.15) is 54.1 Å². The average molecular weight is 299 g/mol. The summed E-state index contributed by atoms with van der Waals surface area (Å²) in [6.07, 6.45) is 1.08. The summed E-state index contributed by atoms with van der Waals surface area (Å²) < 4.78 is 1.71. The molecule has 1 N–H and O–H groups in total. The first kappa shape index (κ1) is 16.3. The Morgan fingerprint density at radius 1 is 1.23 bits per heavy atom. The van der Waals surface area contributed by atoms with Crippen molar-refractivity contribution in [1.82, 2.24) is 15.1 Å². The minimum atomic E-state index is -0.137. The zero-order chi connectivity index (χ0) is 16.3. The van der Waals surface area contributed by atoms with Crippen LogP contribution in [0.15, 0.2) is 30.3 Å². The Morgan fingerprint density at radius 2 is 1.86 bits per heavy atom. The third kappa shape index (κ3) is 3.97. The number of aryl methyl sites for hydroxylation is 2. The normalized spacial score (nSPS) is 12.5. The lowest BCUT2D eigenvalue weighted by Crippen LogP contribution is -2.27. The Balaban J connectivity index is 2.02. The number of nitrogens with one attached hydrogen (secondary N) is 1. The molecule has 1 atom stereocenters. The van der Waals surface area contributed by atoms with Gasteiger partial charge in [0, 0.05) is 12.7 Å². The molecule has 1 aromatic heterocycles. The summed E-state index contributed by atoms with van der Waals surface area (Å²) in [4.78, 5) is 12.2. The molecule has 0 aliphatic carbocycles. The van der Waals surface area contributed by atoms with Gasteiger partial charge in [0.2, 0.25) is 0 Å². The maximum Gasteiger partial charge on any atom is 0.272 e. The van der Waals surface area contributed by atoms with Crippen LogP contribution in [0.3, 0.4) is 0 Å². The van der Waals surface area contributed by atoms with Crippen molar-refractivity contribution in [3.05, 3.63) is 52.8 Å². The van der Waals surface area contributed by atoms with Crippen LogP contribution in [0.25, 0.3) is 0 Å². The molecule has 1 heterocycles. The molecule has 0 saturated heterocycles. The van der Waals surface area contributed by atoms with Crippen LogP contribution < -0.4 is 5.32 Å². The van der Waals surface area contributed by atoms with Gasteiger partial charge in [-0.3, -0.25) is 9.48 Å². The van der Waals surface area contributed by atoms with E-state index in [0.717, 1.165) is 17.7 Å². The predicted molar refractivity (Wildman–Crippen MR) is 88.8 cm³/mol. The molecule has 1 unspecified atom stereocenters. The van der Waals surface area contributed by atoms with Crippen molar-refractivity contribution >= 4 is 5.91 Å². The number of amides is 1. The second-order valence-corrected chi connectivity index (χ2v) is 6.33. The number of carbonyl (C=O) groups excluding carboxylic acids is 1. The second-order valence-electron chi connectivity index (χ2n) is 6.33. The number of rotatable bonds is 5. The van der Waals surface area contributed by atoms with E-state index in [9.17, 15) is 4.79 Å². The maximum atomic E-state index is 12.2. The fourth-order valence-corrected chi connectivity index (χ4v) is 2.44. The van der Waals surface area contributed by atoms with Crippen molar-refractivity contribution in [2.24, 2.45) is 13.0 Å². The minimum Gasteiger partial charge on any atom is -0.344 e. The average Bonchev–Trinajstić information content (AvgIpc) is 2.79. The molecule has 22 heavy (non-hydrogen) atoms. The Bertz CT molecular complexity index is 621. The molecule has 0 saturated carbocycles. The van der Waals surface area contributed by atoms with Crippen LogP contribution in [0, 0.1) is 12.8 Å². The van der Waals surface area contributed by atoms with E-state index in [1.165, 1.54) is 5.56 Å². The van der Waals surface area contributed by atoms with Crippen LogP contribution in [-0.2, 0) is 13.5 Å². The van der Waals surface area contributed by atoms with Gasteiger partial charge in [-0.25, -0.2) is 0 Å². The third-order valence-electron chi connectivity index (χ3n) is 3.82. The number of aromatic nitrogens is 2. The molecule has 0 fully saturated rings. The van der Waals surface area contributed by atoms with Gasteiger partial charge in [-0.15, -0.1) is 0 Å². The summed E-state index contributed by atoms with van der Waals surface area (Å²) in [5.41, 5.74) is 3.87. The zero-order valence-corrected chi connectivity index (χ0v) is 14.1. The molecule has 118 valence electrons. The molecule has 0 aliphatic heterocycles. The molecule has 0 radical (unpaired) electrons. The standard InChI is InChI=1S/C18H25N3O/c1-12(2)10-15-6-8-16(9-7-15)14(4)19-18(22)17-11-13(3)21(5)20-17/h6-9,11-12,14H,10H2,1-5H3,(H,19,22). The third-order valence-corrected chi connectivity index (χ3v) is 3.82. The first-order valence-electron chi connectivity index (χ1n) is 7.77. The van der Waals surface area contributed by atoms with E-state index >= 15 is 0 Å². The van der Waals surface area contributed by atoms with E-state index < -0.39 is 0 Å². The van der Waals surface area contributed by atoms with Gasteiger partial charge in [0.05, 0.1) is 6.04 Å². The first-order chi connectivity index (χ1) is 10.4. The van der Waals surface area contributed by atoms with Gasteiger partial charge in [0.1, 0.15) is 5.69 Å². The van der Waals surface area contributed by atoms with Crippen molar-refractivity contribution in [2.75, 3.05) is 0 Å². The van der Waals surface area contributed by atoms with Crippen molar-refractivity contribution in [1.29, 1.82) is 0 Å². The molecule has 4 heteroatoms. The lowest BCUT2D eigenvalue weighted by atomic mass is 10.00. The highest BCUT2D eigenvalue weighted by atomic mass is 16.2. The lowest BCUT2D eigenvalue weighted by Gasteiger charge is -2.14. The smallest absolute Gasteiger partial charge is 0.272 e. The number of nitrogens with zero attached hydrogens (tertiary/aromatic N) is 2. The molecule has 2 aromatic rings. The summed E-state index contributed by atoms with van der Waals surface area (Å²) in [6.45, 7) is 8.35. The highest BCUT2D eigenvalue weighted by Crippen LogP contribution is 2.16. The maximum absolute atomic E-state index is 12.2. The van der Waals surface area contributed by atoms with Gasteiger partial charge in [0.25, 0.3) is 5.91 Å². The fraction of sp³-hybridized carbons (Fsp3) is 0.444. The Labute approximate surface area is 132 Å². The largest absolute Gasteiger partial charge is 0.344 e. The molecule has 1 aromatic carbocycles. The highest BCUT2D eigenvalue weighted by molar-refractivity contribution is 5.92. The molecule has 0 aliphatic rings. The van der Waals surface area contributed by atoms with E-state index in [-0.39, 0.29) is 11.9 Å². The van der Waals surface area contributed by atoms with Gasteiger partial charge in [-0.2, -0.15) is 5.10 Å². The van der Waals surface area contributed by atoms with Crippen molar-refractivity contribution in [3.63, 3.8) is 0 Å². The molecule has 0 bridgehead atoms. The Kier molecular flexibility index (Phi) is 5.01. The topological polar surface area (TPSA) is 46.9 Å². The van der Waals surface area contributed by atoms with Gasteiger partial charge in [-0.05, 0) is 43.4 Å². The predicted octanol–water partition coefficient (Wildman–Crippen LogP) is 3.42. The second kappa shape index (κ2) is 6.77. The fourth-order valence-electron chi connectivity index (χ4n) is 2.44. The van der Waals surface area contributed by atoms with E-state index in [1.807, 2.05) is 20.9 Å². The summed E-state index contributed by atoms with van der Waals surface area (Å²) in [5, 5.41) is 7.21. The molecule has 1 amide bonds. The highest BCUT2D eigenvalue weighted by Gasteiger charge is 2.14. The van der Waals surface area contributed by atoms with Crippen LogP contribution in [0.4, 0.5) is 0 Å². The van der Waals surface area contributed by atoms with Crippen molar-refractivity contribution in [3.8, 4) is 0 Å². The van der Waals surface area contributed by atoms with E-state index in [2.05, 4.69) is 48.5 Å². The van der Waals surface area contributed by atoms with E-state index in [4.69, 9.17) is 0 Å². The van der Waals surface area contributed by atoms with E-state index in [0.29, 0.717) is 11.6 Å². The van der Waals surface area contributed by atoms with Crippen LogP contribution in [0.5, 0.6) is 0 Å². The van der Waals surface area contributed by atoms with Gasteiger partial charge < -0.3 is 5.32 Å². The van der Waals surface area contributed by atoms with Crippen LogP contribution in [0.2, 0.25) is 0 Å². The number of benzene rings is 1. The number of hydrogen-bond acceptors (Lipinski definition) is 2. The van der Waals surface area contributed by atoms with Crippen molar-refractivity contribution in [2.45, 2.75) is 40.2 Å². The summed E-state index contributed by atoms with van der Waals surface area (Å²) >= 11 is 0. The summed E-state index contributed by atoms with van der Waals surface area (Å²) in [6, 6.07) is 10.2. The quantitative estimate of drug-likeness (QED) is 0.919. The molecular weight excluding hydrogens is 274 g/mol. The molecule has 2 rings (SSSR count). The summed E-state index contributed by atoms with van der Waals surface area (Å²) in [5.74, 6) is 0.512. The molecule has 0 spiro atoms. The Morgan fingerprint density at radius 3 is 2.36 bits per heavy atom. The van der Waals surface area contributed by atoms with E-state index in [1.54, 1.807) is 10.7 Å². The van der Waals surface area contributed by atoms with Crippen LogP contribution >= 0.6 is 0 Å². The van der Waals surface area contributed by atoms with Gasteiger partial charge in [0.15, 0.2) is 0 Å². The Hall–Kier alpha value is -2.10. The number of hydrogen-bond donors (Lipinski definition) is 1. The summed E-state index contributed by atoms with van der Waals surface area (Å²) in [7, 11) is 1.84. The zero-order valence-electron chi connectivity index (χ0n) is 14.1. The first-order valence-corrected chi connectivity index (χ1v) is 7.77. The lowest BCUT2D eigenvalue weighted by molar-refractivity contribution is 0.0934. The van der Waals surface area contributed by atoms with Crippen molar-refractivity contribution < 1.29 is 4.79 Å². The SMILES string of the molecule is Cc1cc(C(=O)NC(C)c2ccc(CC(C)C)cc2)nn1C.